The fourth-order valence-electron chi connectivity index (χ4n) is 2.35. The highest BCUT2D eigenvalue weighted by Gasteiger charge is 2.09. The molecule has 2 aromatic carbocycles. The first-order valence-electron chi connectivity index (χ1n) is 8.23. The quantitative estimate of drug-likeness (QED) is 0.736. The number of benzene rings is 2. The van der Waals surface area contributed by atoms with E-state index in [2.05, 4.69) is 19.2 Å². The first-order chi connectivity index (χ1) is 12.1. The molecule has 0 unspecified atom stereocenters. The second-order valence-electron chi connectivity index (χ2n) is 5.80. The van der Waals surface area contributed by atoms with Gasteiger partial charge in [0.05, 0.1) is 7.11 Å². The third kappa shape index (κ3) is 5.08. The van der Waals surface area contributed by atoms with Gasteiger partial charge in [0.15, 0.2) is 18.1 Å². The zero-order chi connectivity index (χ0) is 18.2. The molecule has 1 N–H and O–H groups in total. The van der Waals surface area contributed by atoms with Crippen molar-refractivity contribution >= 4 is 17.9 Å². The monoisotopic (exact) mass is 341 g/mol. The molecule has 0 aliphatic carbocycles. The summed E-state index contributed by atoms with van der Waals surface area (Å²) >= 11 is 0. The maximum atomic E-state index is 12.1. The van der Waals surface area contributed by atoms with Crippen molar-refractivity contribution in [2.45, 2.75) is 26.2 Å². The van der Waals surface area contributed by atoms with Gasteiger partial charge < -0.3 is 14.8 Å². The molecule has 25 heavy (non-hydrogen) atoms. The number of anilines is 1. The Balaban J connectivity index is 1.93. The SMILES string of the molecule is CC[C@@H](C)c1ccc(NC(=O)COc2ccc(C=O)cc2OC)cc1. The van der Waals surface area contributed by atoms with E-state index >= 15 is 0 Å². The summed E-state index contributed by atoms with van der Waals surface area (Å²) in [6.45, 7) is 4.17. The Bertz CT molecular complexity index is 725. The lowest BCUT2D eigenvalue weighted by molar-refractivity contribution is -0.118. The van der Waals surface area contributed by atoms with E-state index in [9.17, 15) is 9.59 Å². The van der Waals surface area contributed by atoms with Crippen LogP contribution in [0.1, 0.15) is 42.1 Å². The van der Waals surface area contributed by atoms with Crippen molar-refractivity contribution < 1.29 is 19.1 Å². The van der Waals surface area contributed by atoms with E-state index in [1.807, 2.05) is 24.3 Å². The summed E-state index contributed by atoms with van der Waals surface area (Å²) < 4.78 is 10.7. The summed E-state index contributed by atoms with van der Waals surface area (Å²) in [4.78, 5) is 22.8. The van der Waals surface area contributed by atoms with Gasteiger partial charge in [0.2, 0.25) is 0 Å². The number of hydrogen-bond donors (Lipinski definition) is 1. The van der Waals surface area contributed by atoms with Crippen LogP contribution < -0.4 is 14.8 Å². The Labute approximate surface area is 148 Å². The van der Waals surface area contributed by atoms with E-state index < -0.39 is 0 Å². The van der Waals surface area contributed by atoms with Crippen LogP contribution in [0.3, 0.4) is 0 Å². The van der Waals surface area contributed by atoms with Crippen LogP contribution in [0.4, 0.5) is 5.69 Å². The molecule has 1 amide bonds. The van der Waals surface area contributed by atoms with Crippen molar-refractivity contribution in [1.82, 2.24) is 0 Å². The van der Waals surface area contributed by atoms with Gasteiger partial charge in [0, 0.05) is 11.3 Å². The number of methoxy groups -OCH3 is 1. The minimum absolute atomic E-state index is 0.149. The van der Waals surface area contributed by atoms with Gasteiger partial charge in [0.25, 0.3) is 5.91 Å². The third-order valence-electron chi connectivity index (χ3n) is 4.06. The normalized spacial score (nSPS) is 11.5. The van der Waals surface area contributed by atoms with Crippen molar-refractivity contribution in [3.8, 4) is 11.5 Å². The van der Waals surface area contributed by atoms with Crippen LogP contribution in [-0.4, -0.2) is 25.9 Å². The number of aldehydes is 1. The first-order valence-corrected chi connectivity index (χ1v) is 8.23. The topological polar surface area (TPSA) is 64.6 Å². The molecule has 2 aromatic rings. The van der Waals surface area contributed by atoms with Crippen molar-refractivity contribution in [2.75, 3.05) is 19.0 Å². The van der Waals surface area contributed by atoms with Crippen molar-refractivity contribution in [3.63, 3.8) is 0 Å². The fraction of sp³-hybridized carbons (Fsp3) is 0.300. The number of carbonyl (C=O) groups is 2. The molecule has 5 nitrogen and oxygen atoms in total. The van der Waals surface area contributed by atoms with E-state index in [4.69, 9.17) is 9.47 Å². The molecule has 0 aromatic heterocycles. The molecule has 2 rings (SSSR count). The predicted octanol–water partition coefficient (Wildman–Crippen LogP) is 4.04. The zero-order valence-electron chi connectivity index (χ0n) is 14.7. The summed E-state index contributed by atoms with van der Waals surface area (Å²) in [5.41, 5.74) is 2.45. The summed E-state index contributed by atoms with van der Waals surface area (Å²) in [6, 6.07) is 12.6. The highest BCUT2D eigenvalue weighted by molar-refractivity contribution is 5.91. The number of amides is 1. The average Bonchev–Trinajstić information content (AvgIpc) is 2.66. The van der Waals surface area contributed by atoms with Gasteiger partial charge in [-0.15, -0.1) is 0 Å². The predicted molar refractivity (Wildman–Crippen MR) is 97.7 cm³/mol. The van der Waals surface area contributed by atoms with Gasteiger partial charge in [-0.25, -0.2) is 0 Å². The molecule has 0 saturated carbocycles. The highest BCUT2D eigenvalue weighted by atomic mass is 16.5. The molecule has 0 aliphatic heterocycles. The maximum absolute atomic E-state index is 12.1. The number of rotatable bonds is 8. The lowest BCUT2D eigenvalue weighted by Crippen LogP contribution is -2.20. The molecule has 0 aliphatic rings. The Hall–Kier alpha value is -2.82. The minimum atomic E-state index is -0.266. The molecule has 5 heteroatoms. The van der Waals surface area contributed by atoms with Crippen LogP contribution in [0.2, 0.25) is 0 Å². The lowest BCUT2D eigenvalue weighted by atomic mass is 9.99. The van der Waals surface area contributed by atoms with Gasteiger partial charge in [-0.1, -0.05) is 26.0 Å². The molecule has 0 spiro atoms. The maximum Gasteiger partial charge on any atom is 0.262 e. The lowest BCUT2D eigenvalue weighted by Gasteiger charge is -2.12. The van der Waals surface area contributed by atoms with Gasteiger partial charge in [-0.3, -0.25) is 9.59 Å². The van der Waals surface area contributed by atoms with Crippen LogP contribution in [0.25, 0.3) is 0 Å². The molecular weight excluding hydrogens is 318 g/mol. The molecular formula is C20H23NO4. The smallest absolute Gasteiger partial charge is 0.262 e. The highest BCUT2D eigenvalue weighted by Crippen LogP contribution is 2.27. The molecule has 1 atom stereocenters. The van der Waals surface area contributed by atoms with E-state index in [1.54, 1.807) is 18.2 Å². The number of nitrogens with one attached hydrogen (secondary N) is 1. The summed E-state index contributed by atoms with van der Waals surface area (Å²) in [5, 5.41) is 2.80. The zero-order valence-corrected chi connectivity index (χ0v) is 14.7. The molecule has 0 radical (unpaired) electrons. The van der Waals surface area contributed by atoms with Gasteiger partial charge >= 0.3 is 0 Å². The minimum Gasteiger partial charge on any atom is -0.493 e. The van der Waals surface area contributed by atoms with Gasteiger partial charge in [-0.2, -0.15) is 0 Å². The van der Waals surface area contributed by atoms with Crippen LogP contribution in [0.15, 0.2) is 42.5 Å². The molecule has 0 fully saturated rings. The van der Waals surface area contributed by atoms with Gasteiger partial charge in [0.1, 0.15) is 6.29 Å². The second-order valence-corrected chi connectivity index (χ2v) is 5.80. The molecule has 132 valence electrons. The van der Waals surface area contributed by atoms with E-state index in [0.717, 1.165) is 18.4 Å². The van der Waals surface area contributed by atoms with Crippen LogP contribution in [-0.2, 0) is 4.79 Å². The van der Waals surface area contributed by atoms with Crippen LogP contribution >= 0.6 is 0 Å². The fourth-order valence-corrected chi connectivity index (χ4v) is 2.35. The number of carbonyl (C=O) groups excluding carboxylic acids is 2. The van der Waals surface area contributed by atoms with E-state index in [-0.39, 0.29) is 12.5 Å². The second kappa shape index (κ2) is 8.87. The van der Waals surface area contributed by atoms with Crippen molar-refractivity contribution in [1.29, 1.82) is 0 Å². The van der Waals surface area contributed by atoms with Crippen molar-refractivity contribution in [2.24, 2.45) is 0 Å². The van der Waals surface area contributed by atoms with Gasteiger partial charge in [-0.05, 0) is 48.2 Å². The Morgan fingerprint density at radius 2 is 1.88 bits per heavy atom. The number of hydrogen-bond acceptors (Lipinski definition) is 4. The Kier molecular flexibility index (Phi) is 6.57. The Morgan fingerprint density at radius 3 is 2.48 bits per heavy atom. The average molecular weight is 341 g/mol. The van der Waals surface area contributed by atoms with Crippen LogP contribution in [0, 0.1) is 0 Å². The first kappa shape index (κ1) is 18.5. The molecule has 0 bridgehead atoms. The molecule has 0 saturated heterocycles. The van der Waals surface area contributed by atoms with Crippen molar-refractivity contribution in [3.05, 3.63) is 53.6 Å². The van der Waals surface area contributed by atoms with E-state index in [1.165, 1.54) is 12.7 Å². The largest absolute Gasteiger partial charge is 0.493 e. The van der Waals surface area contributed by atoms with E-state index in [0.29, 0.717) is 23.0 Å². The summed E-state index contributed by atoms with van der Waals surface area (Å²) in [5.74, 6) is 1.05. The van der Waals surface area contributed by atoms with Crippen LogP contribution in [0.5, 0.6) is 11.5 Å². The number of ether oxygens (including phenoxy) is 2. The standard InChI is InChI=1S/C20H23NO4/c1-4-14(2)16-6-8-17(9-7-16)21-20(23)13-25-18-10-5-15(12-22)11-19(18)24-3/h5-12,14H,4,13H2,1-3H3,(H,21,23)/t14-/m1/s1. The third-order valence-corrected chi connectivity index (χ3v) is 4.06. The Morgan fingerprint density at radius 1 is 1.16 bits per heavy atom. The summed E-state index contributed by atoms with van der Waals surface area (Å²) in [6.07, 6.45) is 1.80. The summed E-state index contributed by atoms with van der Waals surface area (Å²) in [7, 11) is 1.48. The molecule has 0 heterocycles.